The topological polar surface area (TPSA) is 49.6 Å². The van der Waals surface area contributed by atoms with Gasteiger partial charge < -0.3 is 10.6 Å². The summed E-state index contributed by atoms with van der Waals surface area (Å²) >= 11 is 0. The van der Waals surface area contributed by atoms with Crippen molar-refractivity contribution in [2.24, 2.45) is 5.73 Å². The summed E-state index contributed by atoms with van der Waals surface area (Å²) in [4.78, 5) is 15.7. The van der Waals surface area contributed by atoms with Crippen molar-refractivity contribution in [3.05, 3.63) is 35.4 Å². The molecule has 0 aromatic heterocycles. The molecule has 2 N–H and O–H groups in total. The molecular weight excluding hydrogens is 226 g/mol. The van der Waals surface area contributed by atoms with Crippen molar-refractivity contribution in [3.8, 4) is 0 Å². The number of likely N-dealkylation sites (tertiary alicyclic amines) is 1. The van der Waals surface area contributed by atoms with Gasteiger partial charge in [-0.05, 0) is 38.2 Å². The average Bonchev–Trinajstić information content (AvgIpc) is 2.78. The Morgan fingerprint density at radius 1 is 1.39 bits per heavy atom. The Morgan fingerprint density at radius 2 is 2.06 bits per heavy atom. The molecule has 0 aliphatic carbocycles. The van der Waals surface area contributed by atoms with Crippen LogP contribution in [0.3, 0.4) is 0 Å². The van der Waals surface area contributed by atoms with E-state index in [1.807, 2.05) is 12.1 Å². The zero-order valence-electron chi connectivity index (χ0n) is 11.1. The summed E-state index contributed by atoms with van der Waals surface area (Å²) in [6, 6.07) is 8.25. The number of hydrogen-bond donors (Lipinski definition) is 1. The molecule has 0 saturated carbocycles. The maximum atomic E-state index is 11.0. The van der Waals surface area contributed by atoms with E-state index >= 15 is 0 Å². The lowest BCUT2D eigenvalue weighted by molar-refractivity contribution is 0.100. The van der Waals surface area contributed by atoms with Gasteiger partial charge in [-0.2, -0.15) is 0 Å². The number of carbonyl (C=O) groups excluding carboxylic acids is 1. The van der Waals surface area contributed by atoms with E-state index in [1.54, 1.807) is 12.1 Å². The quantitative estimate of drug-likeness (QED) is 0.861. The fourth-order valence-electron chi connectivity index (χ4n) is 2.41. The van der Waals surface area contributed by atoms with Gasteiger partial charge in [-0.1, -0.05) is 12.1 Å². The van der Waals surface area contributed by atoms with E-state index in [4.69, 9.17) is 5.73 Å². The molecule has 0 radical (unpaired) electrons. The van der Waals surface area contributed by atoms with Gasteiger partial charge in [0, 0.05) is 31.2 Å². The van der Waals surface area contributed by atoms with Crippen molar-refractivity contribution in [1.29, 1.82) is 0 Å². The van der Waals surface area contributed by atoms with E-state index in [0.717, 1.165) is 19.6 Å². The highest BCUT2D eigenvalue weighted by atomic mass is 16.1. The smallest absolute Gasteiger partial charge is 0.248 e. The van der Waals surface area contributed by atoms with Crippen molar-refractivity contribution < 1.29 is 4.79 Å². The third-order valence-electron chi connectivity index (χ3n) is 3.62. The molecule has 0 spiro atoms. The van der Waals surface area contributed by atoms with Crippen molar-refractivity contribution in [2.75, 3.05) is 27.2 Å². The van der Waals surface area contributed by atoms with E-state index in [0.29, 0.717) is 11.6 Å². The fourth-order valence-corrected chi connectivity index (χ4v) is 2.41. The van der Waals surface area contributed by atoms with Gasteiger partial charge in [0.1, 0.15) is 0 Å². The Labute approximate surface area is 108 Å². The summed E-state index contributed by atoms with van der Waals surface area (Å²) in [6.07, 6.45) is 1.23. The first kappa shape index (κ1) is 13.1. The van der Waals surface area contributed by atoms with Crippen molar-refractivity contribution in [1.82, 2.24) is 9.80 Å². The van der Waals surface area contributed by atoms with Crippen LogP contribution in [0.15, 0.2) is 24.3 Å². The second-order valence-corrected chi connectivity index (χ2v) is 5.20. The minimum Gasteiger partial charge on any atom is -0.366 e. The average molecular weight is 247 g/mol. The molecule has 2 rings (SSSR count). The van der Waals surface area contributed by atoms with Gasteiger partial charge in [0.05, 0.1) is 0 Å². The van der Waals surface area contributed by atoms with Crippen LogP contribution in [0, 0.1) is 0 Å². The summed E-state index contributed by atoms with van der Waals surface area (Å²) in [7, 11) is 4.27. The number of nitrogens with two attached hydrogens (primary N) is 1. The number of benzene rings is 1. The summed E-state index contributed by atoms with van der Waals surface area (Å²) in [6.45, 7) is 3.20. The number of nitrogens with zero attached hydrogens (tertiary/aromatic N) is 2. The van der Waals surface area contributed by atoms with Crippen LogP contribution in [0.4, 0.5) is 0 Å². The normalized spacial score (nSPS) is 20.5. The molecule has 1 aromatic carbocycles. The third-order valence-corrected chi connectivity index (χ3v) is 3.62. The van der Waals surface area contributed by atoms with Gasteiger partial charge in [-0.15, -0.1) is 0 Å². The van der Waals surface area contributed by atoms with Crippen LogP contribution < -0.4 is 5.73 Å². The number of amides is 1. The lowest BCUT2D eigenvalue weighted by atomic mass is 10.1. The van der Waals surface area contributed by atoms with Crippen LogP contribution in [0.2, 0.25) is 0 Å². The van der Waals surface area contributed by atoms with E-state index in [1.165, 1.54) is 12.0 Å². The van der Waals surface area contributed by atoms with Crippen molar-refractivity contribution >= 4 is 5.91 Å². The number of rotatable bonds is 4. The van der Waals surface area contributed by atoms with E-state index in [9.17, 15) is 4.79 Å². The molecule has 1 heterocycles. The molecule has 0 bridgehead atoms. The zero-order valence-corrected chi connectivity index (χ0v) is 11.1. The lowest BCUT2D eigenvalue weighted by Crippen LogP contribution is -2.31. The molecule has 1 atom stereocenters. The second kappa shape index (κ2) is 5.50. The Kier molecular flexibility index (Phi) is 3.99. The minimum atomic E-state index is -0.365. The molecule has 1 aromatic rings. The Morgan fingerprint density at radius 3 is 2.56 bits per heavy atom. The molecule has 1 aliphatic rings. The first-order valence-electron chi connectivity index (χ1n) is 6.34. The maximum absolute atomic E-state index is 11.0. The van der Waals surface area contributed by atoms with Gasteiger partial charge >= 0.3 is 0 Å². The molecule has 1 fully saturated rings. The molecule has 98 valence electrons. The third kappa shape index (κ3) is 3.09. The summed E-state index contributed by atoms with van der Waals surface area (Å²) < 4.78 is 0. The molecule has 4 heteroatoms. The monoisotopic (exact) mass is 247 g/mol. The predicted octanol–water partition coefficient (Wildman–Crippen LogP) is 0.921. The van der Waals surface area contributed by atoms with Gasteiger partial charge in [0.15, 0.2) is 0 Å². The first-order valence-corrected chi connectivity index (χ1v) is 6.34. The van der Waals surface area contributed by atoms with Gasteiger partial charge in [-0.3, -0.25) is 9.69 Å². The summed E-state index contributed by atoms with van der Waals surface area (Å²) in [5.41, 5.74) is 7.03. The summed E-state index contributed by atoms with van der Waals surface area (Å²) in [5, 5.41) is 0. The van der Waals surface area contributed by atoms with Crippen LogP contribution in [0.25, 0.3) is 0 Å². The van der Waals surface area contributed by atoms with Gasteiger partial charge in [0.2, 0.25) is 5.91 Å². The fraction of sp³-hybridized carbons (Fsp3) is 0.500. The van der Waals surface area contributed by atoms with Gasteiger partial charge in [-0.25, -0.2) is 0 Å². The number of likely N-dealkylation sites (N-methyl/N-ethyl adjacent to an activating group) is 1. The van der Waals surface area contributed by atoms with Gasteiger partial charge in [0.25, 0.3) is 0 Å². The molecule has 18 heavy (non-hydrogen) atoms. The highest BCUT2D eigenvalue weighted by molar-refractivity contribution is 5.92. The van der Waals surface area contributed by atoms with E-state index in [2.05, 4.69) is 23.9 Å². The molecule has 1 saturated heterocycles. The first-order chi connectivity index (χ1) is 8.56. The van der Waals surface area contributed by atoms with E-state index < -0.39 is 0 Å². The molecular formula is C14H21N3O. The largest absolute Gasteiger partial charge is 0.366 e. The Bertz CT molecular complexity index is 414. The minimum absolute atomic E-state index is 0.365. The second-order valence-electron chi connectivity index (χ2n) is 5.20. The Balaban J connectivity index is 1.92. The number of hydrogen-bond acceptors (Lipinski definition) is 3. The van der Waals surface area contributed by atoms with Crippen LogP contribution in [0.1, 0.15) is 22.3 Å². The molecule has 1 amide bonds. The van der Waals surface area contributed by atoms with Crippen molar-refractivity contribution in [3.63, 3.8) is 0 Å². The molecule has 4 nitrogen and oxygen atoms in total. The number of carbonyl (C=O) groups is 1. The standard InChI is InChI=1S/C14H21N3O/c1-16(2)13-7-8-17(10-13)9-11-3-5-12(6-4-11)14(15)18/h3-6,13H,7-10H2,1-2H3,(H2,15,18)/t13-/m0/s1. The highest BCUT2D eigenvalue weighted by Gasteiger charge is 2.23. The molecule has 1 aliphatic heterocycles. The maximum Gasteiger partial charge on any atom is 0.248 e. The van der Waals surface area contributed by atoms with Crippen LogP contribution >= 0.6 is 0 Å². The lowest BCUT2D eigenvalue weighted by Gasteiger charge is -2.20. The Hall–Kier alpha value is -1.39. The van der Waals surface area contributed by atoms with Crippen LogP contribution in [-0.2, 0) is 6.54 Å². The zero-order chi connectivity index (χ0) is 13.1. The highest BCUT2D eigenvalue weighted by Crippen LogP contribution is 2.16. The predicted molar refractivity (Wildman–Crippen MR) is 72.3 cm³/mol. The van der Waals surface area contributed by atoms with Crippen LogP contribution in [0.5, 0.6) is 0 Å². The molecule has 0 unspecified atom stereocenters. The van der Waals surface area contributed by atoms with Crippen LogP contribution in [-0.4, -0.2) is 48.9 Å². The number of primary amides is 1. The van der Waals surface area contributed by atoms with E-state index in [-0.39, 0.29) is 5.91 Å². The summed E-state index contributed by atoms with van der Waals surface area (Å²) in [5.74, 6) is -0.365. The SMILES string of the molecule is CN(C)[C@H]1CCN(Cc2ccc(C(N)=O)cc2)C1. The van der Waals surface area contributed by atoms with Crippen molar-refractivity contribution in [2.45, 2.75) is 19.0 Å².